The summed E-state index contributed by atoms with van der Waals surface area (Å²) in [5.74, 6) is 0. The number of aryl methyl sites for hydroxylation is 1. The Hall–Kier alpha value is -0.860. The first-order chi connectivity index (χ1) is 10.2. The summed E-state index contributed by atoms with van der Waals surface area (Å²) in [5.41, 5.74) is 9.24. The fourth-order valence-electron chi connectivity index (χ4n) is 3.59. The Bertz CT molecular complexity index is 404. The van der Waals surface area contributed by atoms with Crippen LogP contribution in [0, 0.1) is 0 Å². The van der Waals surface area contributed by atoms with Crippen LogP contribution in [0.4, 0.5) is 0 Å². The lowest BCUT2D eigenvalue weighted by Gasteiger charge is -2.38. The molecule has 2 heteroatoms. The van der Waals surface area contributed by atoms with Crippen LogP contribution in [0.25, 0.3) is 0 Å². The van der Waals surface area contributed by atoms with Gasteiger partial charge in [-0.25, -0.2) is 0 Å². The predicted octanol–water partition coefficient (Wildman–Crippen LogP) is 4.25. The molecule has 1 aromatic carbocycles. The Labute approximate surface area is 130 Å². The van der Waals surface area contributed by atoms with Crippen LogP contribution in [-0.2, 0) is 17.6 Å². The fourth-order valence-corrected chi connectivity index (χ4v) is 3.59. The standard InChI is InChI=1S/C19H31NO/c1-3-16-9-11-17(12-10-16)15-18(20)19(21-4-2)13-7-5-6-8-14-19/h9-12,18H,3-8,13-15,20H2,1-2H3. The first-order valence-corrected chi connectivity index (χ1v) is 8.67. The van der Waals surface area contributed by atoms with Crippen LogP contribution in [-0.4, -0.2) is 18.2 Å². The van der Waals surface area contributed by atoms with Crippen LogP contribution < -0.4 is 5.73 Å². The zero-order valence-electron chi connectivity index (χ0n) is 13.7. The van der Waals surface area contributed by atoms with Crippen molar-refractivity contribution in [1.82, 2.24) is 0 Å². The van der Waals surface area contributed by atoms with Gasteiger partial charge in [-0.3, -0.25) is 0 Å². The van der Waals surface area contributed by atoms with Gasteiger partial charge in [0.05, 0.1) is 5.60 Å². The van der Waals surface area contributed by atoms with E-state index >= 15 is 0 Å². The molecule has 2 nitrogen and oxygen atoms in total. The van der Waals surface area contributed by atoms with Gasteiger partial charge in [-0.05, 0) is 43.7 Å². The second-order valence-corrected chi connectivity index (χ2v) is 6.39. The Kier molecular flexibility index (Phi) is 6.25. The van der Waals surface area contributed by atoms with Gasteiger partial charge in [0, 0.05) is 12.6 Å². The molecule has 1 saturated carbocycles. The van der Waals surface area contributed by atoms with Crippen molar-refractivity contribution in [1.29, 1.82) is 0 Å². The molecule has 0 heterocycles. The highest BCUT2D eigenvalue weighted by Gasteiger charge is 2.37. The molecule has 1 aromatic rings. The van der Waals surface area contributed by atoms with Crippen molar-refractivity contribution in [3.8, 4) is 0 Å². The molecule has 1 atom stereocenters. The van der Waals surface area contributed by atoms with Crippen LogP contribution in [0.5, 0.6) is 0 Å². The Morgan fingerprint density at radius 3 is 2.10 bits per heavy atom. The lowest BCUT2D eigenvalue weighted by Crippen LogP contribution is -2.51. The van der Waals surface area contributed by atoms with Gasteiger partial charge in [-0.15, -0.1) is 0 Å². The SMILES string of the molecule is CCOC1(C(N)Cc2ccc(CC)cc2)CCCCCC1. The maximum absolute atomic E-state index is 6.62. The third-order valence-corrected chi connectivity index (χ3v) is 4.94. The van der Waals surface area contributed by atoms with Crippen LogP contribution in [0.15, 0.2) is 24.3 Å². The molecule has 1 aliphatic carbocycles. The van der Waals surface area contributed by atoms with Crippen LogP contribution in [0.2, 0.25) is 0 Å². The van der Waals surface area contributed by atoms with E-state index in [2.05, 4.69) is 38.1 Å². The molecule has 0 amide bonds. The molecule has 21 heavy (non-hydrogen) atoms. The van der Waals surface area contributed by atoms with Crippen LogP contribution >= 0.6 is 0 Å². The van der Waals surface area contributed by atoms with Crippen molar-refractivity contribution in [2.24, 2.45) is 5.73 Å². The molecule has 0 bridgehead atoms. The summed E-state index contributed by atoms with van der Waals surface area (Å²) in [7, 11) is 0. The van der Waals surface area contributed by atoms with Crippen molar-refractivity contribution in [2.45, 2.75) is 76.9 Å². The first kappa shape index (κ1) is 16.5. The highest BCUT2D eigenvalue weighted by Crippen LogP contribution is 2.34. The van der Waals surface area contributed by atoms with E-state index in [0.29, 0.717) is 0 Å². The van der Waals surface area contributed by atoms with Gasteiger partial charge < -0.3 is 10.5 Å². The Morgan fingerprint density at radius 2 is 1.57 bits per heavy atom. The van der Waals surface area contributed by atoms with Crippen LogP contribution in [0.3, 0.4) is 0 Å². The van der Waals surface area contributed by atoms with E-state index in [1.807, 2.05) is 0 Å². The highest BCUT2D eigenvalue weighted by molar-refractivity contribution is 5.23. The number of hydrogen-bond donors (Lipinski definition) is 1. The summed E-state index contributed by atoms with van der Waals surface area (Å²) in [5, 5.41) is 0. The minimum atomic E-state index is -0.103. The molecule has 2 N–H and O–H groups in total. The molecular weight excluding hydrogens is 258 g/mol. The van der Waals surface area contributed by atoms with E-state index in [-0.39, 0.29) is 11.6 Å². The van der Waals surface area contributed by atoms with Gasteiger partial charge in [0.1, 0.15) is 0 Å². The Morgan fingerprint density at radius 1 is 1.00 bits per heavy atom. The summed E-state index contributed by atoms with van der Waals surface area (Å²) in [6.45, 7) is 5.05. The predicted molar refractivity (Wildman–Crippen MR) is 89.6 cm³/mol. The van der Waals surface area contributed by atoms with Crippen molar-refractivity contribution in [3.63, 3.8) is 0 Å². The Balaban J connectivity index is 2.07. The van der Waals surface area contributed by atoms with Gasteiger partial charge in [0.15, 0.2) is 0 Å². The van der Waals surface area contributed by atoms with E-state index in [0.717, 1.165) is 32.3 Å². The second kappa shape index (κ2) is 7.95. The van der Waals surface area contributed by atoms with Gasteiger partial charge in [-0.1, -0.05) is 56.9 Å². The number of hydrogen-bond acceptors (Lipinski definition) is 2. The molecule has 118 valence electrons. The molecule has 0 aromatic heterocycles. The summed E-state index contributed by atoms with van der Waals surface area (Å²) in [6, 6.07) is 9.01. The highest BCUT2D eigenvalue weighted by atomic mass is 16.5. The quantitative estimate of drug-likeness (QED) is 0.795. The number of rotatable bonds is 6. The molecule has 0 aliphatic heterocycles. The number of ether oxygens (including phenoxy) is 1. The maximum atomic E-state index is 6.62. The average Bonchev–Trinajstić information content (AvgIpc) is 2.75. The first-order valence-electron chi connectivity index (χ1n) is 8.67. The third-order valence-electron chi connectivity index (χ3n) is 4.94. The lowest BCUT2D eigenvalue weighted by atomic mass is 9.83. The number of nitrogens with two attached hydrogens (primary N) is 1. The lowest BCUT2D eigenvalue weighted by molar-refractivity contribution is -0.0683. The monoisotopic (exact) mass is 289 g/mol. The molecule has 0 spiro atoms. The van der Waals surface area contributed by atoms with E-state index in [1.165, 1.54) is 36.8 Å². The molecule has 0 radical (unpaired) electrons. The number of benzene rings is 1. The summed E-state index contributed by atoms with van der Waals surface area (Å²) in [6.07, 6.45) is 9.41. The summed E-state index contributed by atoms with van der Waals surface area (Å²) in [4.78, 5) is 0. The van der Waals surface area contributed by atoms with Gasteiger partial charge in [-0.2, -0.15) is 0 Å². The van der Waals surface area contributed by atoms with E-state index in [9.17, 15) is 0 Å². The summed E-state index contributed by atoms with van der Waals surface area (Å²) >= 11 is 0. The smallest absolute Gasteiger partial charge is 0.0835 e. The molecule has 2 rings (SSSR count). The van der Waals surface area contributed by atoms with Crippen LogP contribution in [0.1, 0.15) is 63.5 Å². The van der Waals surface area contributed by atoms with Gasteiger partial charge >= 0.3 is 0 Å². The van der Waals surface area contributed by atoms with E-state index in [4.69, 9.17) is 10.5 Å². The molecule has 0 saturated heterocycles. The summed E-state index contributed by atoms with van der Waals surface area (Å²) < 4.78 is 6.20. The van der Waals surface area contributed by atoms with Crippen molar-refractivity contribution in [3.05, 3.63) is 35.4 Å². The van der Waals surface area contributed by atoms with E-state index < -0.39 is 0 Å². The second-order valence-electron chi connectivity index (χ2n) is 6.39. The zero-order valence-corrected chi connectivity index (χ0v) is 13.7. The molecule has 1 unspecified atom stereocenters. The minimum absolute atomic E-state index is 0.100. The fraction of sp³-hybridized carbons (Fsp3) is 0.684. The van der Waals surface area contributed by atoms with Crippen molar-refractivity contribution in [2.75, 3.05) is 6.61 Å². The zero-order chi connectivity index (χ0) is 15.1. The third kappa shape index (κ3) is 4.31. The van der Waals surface area contributed by atoms with Crippen molar-refractivity contribution < 1.29 is 4.74 Å². The molecular formula is C19H31NO. The van der Waals surface area contributed by atoms with E-state index in [1.54, 1.807) is 0 Å². The largest absolute Gasteiger partial charge is 0.374 e. The van der Waals surface area contributed by atoms with Crippen molar-refractivity contribution >= 4 is 0 Å². The van der Waals surface area contributed by atoms with Gasteiger partial charge in [0.2, 0.25) is 0 Å². The average molecular weight is 289 g/mol. The molecule has 1 aliphatic rings. The molecule has 1 fully saturated rings. The van der Waals surface area contributed by atoms with Gasteiger partial charge in [0.25, 0.3) is 0 Å². The normalized spacial score (nSPS) is 20.0. The minimum Gasteiger partial charge on any atom is -0.374 e. The topological polar surface area (TPSA) is 35.2 Å². The maximum Gasteiger partial charge on any atom is 0.0835 e.